The number of rotatable bonds is 2. The van der Waals surface area contributed by atoms with E-state index in [4.69, 9.17) is 0 Å². The van der Waals surface area contributed by atoms with Gasteiger partial charge in [-0.25, -0.2) is 4.39 Å². The van der Waals surface area contributed by atoms with E-state index in [9.17, 15) is 9.18 Å². The SMILES string of the molecule is Cc1sc(Br)cc1C(=O)c1ccc(F)cc1. The highest BCUT2D eigenvalue weighted by molar-refractivity contribution is 9.11. The van der Waals surface area contributed by atoms with Gasteiger partial charge in [-0.2, -0.15) is 0 Å². The minimum absolute atomic E-state index is 0.0700. The molecule has 0 aliphatic carbocycles. The van der Waals surface area contributed by atoms with E-state index >= 15 is 0 Å². The molecule has 1 aromatic heterocycles. The van der Waals surface area contributed by atoms with E-state index in [-0.39, 0.29) is 11.6 Å². The predicted octanol–water partition coefficient (Wildman–Crippen LogP) is 4.19. The van der Waals surface area contributed by atoms with Gasteiger partial charge in [0.15, 0.2) is 5.78 Å². The molecule has 1 nitrogen and oxygen atoms in total. The van der Waals surface area contributed by atoms with E-state index in [1.807, 2.05) is 6.92 Å². The van der Waals surface area contributed by atoms with Gasteiger partial charge in [0.2, 0.25) is 0 Å². The van der Waals surface area contributed by atoms with Crippen molar-refractivity contribution < 1.29 is 9.18 Å². The topological polar surface area (TPSA) is 17.1 Å². The number of benzene rings is 1. The third-order valence-electron chi connectivity index (χ3n) is 2.24. The zero-order chi connectivity index (χ0) is 11.7. The molecule has 0 radical (unpaired) electrons. The van der Waals surface area contributed by atoms with Gasteiger partial charge in [-0.3, -0.25) is 4.79 Å². The lowest BCUT2D eigenvalue weighted by Crippen LogP contribution is -2.01. The van der Waals surface area contributed by atoms with Crippen LogP contribution >= 0.6 is 27.3 Å². The lowest BCUT2D eigenvalue weighted by molar-refractivity contribution is 0.103. The Morgan fingerprint density at radius 1 is 1.31 bits per heavy atom. The van der Waals surface area contributed by atoms with Crippen molar-refractivity contribution in [2.24, 2.45) is 0 Å². The Bertz CT molecular complexity index is 530. The molecule has 1 aromatic carbocycles. The minimum Gasteiger partial charge on any atom is -0.289 e. The summed E-state index contributed by atoms with van der Waals surface area (Å²) in [5.74, 6) is -0.403. The highest BCUT2D eigenvalue weighted by Gasteiger charge is 2.14. The second-order valence-electron chi connectivity index (χ2n) is 3.36. The minimum atomic E-state index is -0.334. The summed E-state index contributed by atoms with van der Waals surface area (Å²) in [5, 5.41) is 0. The molecule has 82 valence electrons. The Morgan fingerprint density at radius 2 is 1.94 bits per heavy atom. The Hall–Kier alpha value is -1.00. The maximum absolute atomic E-state index is 12.7. The van der Waals surface area contributed by atoms with Crippen molar-refractivity contribution in [3.63, 3.8) is 0 Å². The van der Waals surface area contributed by atoms with Crippen LogP contribution in [0.15, 0.2) is 34.1 Å². The zero-order valence-corrected chi connectivity index (χ0v) is 10.9. The first kappa shape index (κ1) is 11.5. The number of thiophene rings is 1. The van der Waals surface area contributed by atoms with Crippen LogP contribution in [0.4, 0.5) is 4.39 Å². The van der Waals surface area contributed by atoms with E-state index in [1.165, 1.54) is 35.6 Å². The summed E-state index contributed by atoms with van der Waals surface area (Å²) in [4.78, 5) is 13.0. The number of halogens is 2. The molecule has 0 aliphatic heterocycles. The third kappa shape index (κ3) is 2.23. The Kier molecular flexibility index (Phi) is 3.21. The van der Waals surface area contributed by atoms with Gasteiger partial charge < -0.3 is 0 Å². The van der Waals surface area contributed by atoms with Crippen LogP contribution in [0.3, 0.4) is 0 Å². The molecule has 2 rings (SSSR count). The van der Waals surface area contributed by atoms with Crippen LogP contribution in [0.1, 0.15) is 20.8 Å². The maximum atomic E-state index is 12.7. The molecule has 4 heteroatoms. The molecule has 2 aromatic rings. The molecule has 0 N–H and O–H groups in total. The molecule has 16 heavy (non-hydrogen) atoms. The highest BCUT2D eigenvalue weighted by Crippen LogP contribution is 2.28. The first-order chi connectivity index (χ1) is 7.58. The van der Waals surface area contributed by atoms with Gasteiger partial charge >= 0.3 is 0 Å². The molecule has 1 heterocycles. The molecule has 0 bridgehead atoms. The van der Waals surface area contributed by atoms with Crippen LogP contribution in [-0.4, -0.2) is 5.78 Å². The molecule has 0 unspecified atom stereocenters. The standard InChI is InChI=1S/C12H8BrFOS/c1-7-10(6-11(13)16-7)12(15)8-2-4-9(14)5-3-8/h2-6H,1H3. The van der Waals surface area contributed by atoms with Crippen molar-refractivity contribution >= 4 is 33.0 Å². The number of carbonyl (C=O) groups is 1. The second-order valence-corrected chi connectivity index (χ2v) is 5.99. The largest absolute Gasteiger partial charge is 0.289 e. The van der Waals surface area contributed by atoms with Gasteiger partial charge in [0.05, 0.1) is 3.79 Å². The molecule has 0 fully saturated rings. The maximum Gasteiger partial charge on any atom is 0.194 e. The molecule has 0 amide bonds. The quantitative estimate of drug-likeness (QED) is 0.760. The number of ketones is 1. The number of aryl methyl sites for hydroxylation is 1. The van der Waals surface area contributed by atoms with Crippen molar-refractivity contribution in [2.75, 3.05) is 0 Å². The van der Waals surface area contributed by atoms with Crippen LogP contribution in [0, 0.1) is 12.7 Å². The van der Waals surface area contributed by atoms with Crippen molar-refractivity contribution in [3.05, 3.63) is 55.9 Å². The van der Waals surface area contributed by atoms with Gasteiger partial charge in [-0.15, -0.1) is 11.3 Å². The Balaban J connectivity index is 2.39. The van der Waals surface area contributed by atoms with Crippen molar-refractivity contribution in [3.8, 4) is 0 Å². The van der Waals surface area contributed by atoms with E-state index in [2.05, 4.69) is 15.9 Å². The van der Waals surface area contributed by atoms with Crippen LogP contribution in [0.25, 0.3) is 0 Å². The number of hydrogen-bond donors (Lipinski definition) is 0. The first-order valence-electron chi connectivity index (χ1n) is 4.64. The van der Waals surface area contributed by atoms with Gasteiger partial charge in [-0.05, 0) is 53.2 Å². The summed E-state index contributed by atoms with van der Waals surface area (Å²) in [5.41, 5.74) is 1.18. The van der Waals surface area contributed by atoms with Gasteiger partial charge in [0, 0.05) is 16.0 Å². The van der Waals surface area contributed by atoms with Crippen molar-refractivity contribution in [1.82, 2.24) is 0 Å². The monoisotopic (exact) mass is 298 g/mol. The zero-order valence-electron chi connectivity index (χ0n) is 8.46. The predicted molar refractivity (Wildman–Crippen MR) is 66.6 cm³/mol. The summed E-state index contributed by atoms with van der Waals surface area (Å²) in [7, 11) is 0. The molecule has 0 spiro atoms. The van der Waals surface area contributed by atoms with E-state index < -0.39 is 0 Å². The summed E-state index contributed by atoms with van der Waals surface area (Å²) >= 11 is 4.86. The average molecular weight is 299 g/mol. The highest BCUT2D eigenvalue weighted by atomic mass is 79.9. The summed E-state index contributed by atoms with van der Waals surface area (Å²) in [6.07, 6.45) is 0. The number of carbonyl (C=O) groups excluding carboxylic acids is 1. The van der Waals surface area contributed by atoms with Gasteiger partial charge in [-0.1, -0.05) is 0 Å². The van der Waals surface area contributed by atoms with Crippen LogP contribution in [-0.2, 0) is 0 Å². The van der Waals surface area contributed by atoms with Gasteiger partial charge in [0.25, 0.3) is 0 Å². The van der Waals surface area contributed by atoms with Gasteiger partial charge in [0.1, 0.15) is 5.82 Å². The molecule has 0 saturated carbocycles. The number of hydrogen-bond acceptors (Lipinski definition) is 2. The lowest BCUT2D eigenvalue weighted by Gasteiger charge is -1.99. The fourth-order valence-electron chi connectivity index (χ4n) is 1.43. The van der Waals surface area contributed by atoms with Crippen molar-refractivity contribution in [2.45, 2.75) is 6.92 Å². The molecular weight excluding hydrogens is 291 g/mol. The summed E-state index contributed by atoms with van der Waals surface area (Å²) < 4.78 is 13.6. The molecule has 0 aliphatic rings. The van der Waals surface area contributed by atoms with E-state index in [0.717, 1.165) is 8.66 Å². The Labute approximate surface area is 105 Å². The lowest BCUT2D eigenvalue weighted by atomic mass is 10.0. The smallest absolute Gasteiger partial charge is 0.194 e. The summed E-state index contributed by atoms with van der Waals surface area (Å²) in [6.45, 7) is 1.90. The fraction of sp³-hybridized carbons (Fsp3) is 0.0833. The second kappa shape index (κ2) is 4.47. The Morgan fingerprint density at radius 3 is 2.44 bits per heavy atom. The average Bonchev–Trinajstić information content (AvgIpc) is 2.58. The van der Waals surface area contributed by atoms with Crippen LogP contribution < -0.4 is 0 Å². The van der Waals surface area contributed by atoms with Crippen LogP contribution in [0.5, 0.6) is 0 Å². The first-order valence-corrected chi connectivity index (χ1v) is 6.25. The van der Waals surface area contributed by atoms with E-state index in [1.54, 1.807) is 6.07 Å². The van der Waals surface area contributed by atoms with E-state index in [0.29, 0.717) is 11.1 Å². The fourth-order valence-corrected chi connectivity index (χ4v) is 3.12. The van der Waals surface area contributed by atoms with Crippen molar-refractivity contribution in [1.29, 1.82) is 0 Å². The third-order valence-corrected chi connectivity index (χ3v) is 3.79. The normalized spacial score (nSPS) is 10.4. The summed E-state index contributed by atoms with van der Waals surface area (Å²) in [6, 6.07) is 7.39. The molecule has 0 atom stereocenters. The van der Waals surface area contributed by atoms with Crippen LogP contribution in [0.2, 0.25) is 0 Å². The molecule has 0 saturated heterocycles. The molecular formula is C12H8BrFOS.